The number of allylic oxidation sites excluding steroid dienone is 1. The van der Waals surface area contributed by atoms with Gasteiger partial charge in [0.15, 0.2) is 0 Å². The van der Waals surface area contributed by atoms with Crippen molar-refractivity contribution in [1.29, 1.82) is 0 Å². The van der Waals surface area contributed by atoms with E-state index in [1.807, 2.05) is 0 Å². The number of rotatable bonds is 2. The van der Waals surface area contributed by atoms with Crippen LogP contribution in [0.2, 0.25) is 0 Å². The molecule has 0 radical (unpaired) electrons. The van der Waals surface area contributed by atoms with Gasteiger partial charge >= 0.3 is 0 Å². The van der Waals surface area contributed by atoms with E-state index >= 15 is 0 Å². The molecule has 0 spiro atoms. The lowest BCUT2D eigenvalue weighted by molar-refractivity contribution is -0.106. The Morgan fingerprint density at radius 2 is 1.71 bits per heavy atom. The molecular weight excluding hydrogens is 312 g/mol. The van der Waals surface area contributed by atoms with Crippen molar-refractivity contribution in [1.82, 2.24) is 0 Å². The van der Waals surface area contributed by atoms with Crippen molar-refractivity contribution < 1.29 is 17.9 Å². The van der Waals surface area contributed by atoms with Crippen molar-refractivity contribution in [2.75, 3.05) is 0 Å². The summed E-state index contributed by atoms with van der Waals surface area (Å²) in [5, 5.41) is -0.732. The number of ether oxygens (including phenoxy) is 1. The summed E-state index contributed by atoms with van der Waals surface area (Å²) < 4.78 is 30.8. The summed E-state index contributed by atoms with van der Waals surface area (Å²) in [5.74, 6) is 0.497. The maximum atomic E-state index is 12.6. The summed E-state index contributed by atoms with van der Waals surface area (Å²) in [6, 6.07) is 10.8. The van der Waals surface area contributed by atoms with Gasteiger partial charge < -0.3 is 4.74 Å². The van der Waals surface area contributed by atoms with E-state index in [-0.39, 0.29) is 26.9 Å². The molecule has 0 N–H and O–H groups in total. The lowest BCUT2D eigenvalue weighted by Crippen LogP contribution is -2.11. The van der Waals surface area contributed by atoms with Crippen molar-refractivity contribution in [2.24, 2.45) is 0 Å². The van der Waals surface area contributed by atoms with Crippen LogP contribution in [0.5, 0.6) is 11.5 Å². The van der Waals surface area contributed by atoms with Crippen LogP contribution in [0.25, 0.3) is 5.57 Å². The molecule has 0 bridgehead atoms. The monoisotopic (exact) mass is 320 g/mol. The predicted octanol–water partition coefficient (Wildman–Crippen LogP) is 3.40. The van der Waals surface area contributed by atoms with Crippen LogP contribution in [0, 0.1) is 0 Å². The number of para-hydroxylation sites is 1. The number of sulfone groups is 1. The van der Waals surface area contributed by atoms with E-state index in [1.54, 1.807) is 24.3 Å². The highest BCUT2D eigenvalue weighted by molar-refractivity contribution is 7.91. The fourth-order valence-electron chi connectivity index (χ4n) is 2.10. The molecule has 3 rings (SSSR count). The third kappa shape index (κ3) is 2.14. The van der Waals surface area contributed by atoms with Gasteiger partial charge in [-0.1, -0.05) is 24.8 Å². The summed E-state index contributed by atoms with van der Waals surface area (Å²) in [6.07, 6.45) is 0. The first-order valence-corrected chi connectivity index (χ1v) is 7.82. The van der Waals surface area contributed by atoms with Crippen molar-refractivity contribution in [3.8, 4) is 11.5 Å². The summed E-state index contributed by atoms with van der Waals surface area (Å²) in [7, 11) is -3.70. The van der Waals surface area contributed by atoms with E-state index in [4.69, 9.17) is 16.3 Å². The molecule has 4 nitrogen and oxygen atoms in total. The fourth-order valence-corrected chi connectivity index (χ4v) is 3.73. The third-order valence-corrected chi connectivity index (χ3v) is 5.22. The molecule has 0 amide bonds. The average molecular weight is 321 g/mol. The van der Waals surface area contributed by atoms with Crippen LogP contribution in [0.3, 0.4) is 0 Å². The van der Waals surface area contributed by atoms with Crippen LogP contribution in [-0.2, 0) is 14.6 Å². The van der Waals surface area contributed by atoms with Gasteiger partial charge in [-0.25, -0.2) is 8.42 Å². The molecule has 2 aromatic carbocycles. The van der Waals surface area contributed by atoms with Crippen molar-refractivity contribution in [3.05, 3.63) is 54.6 Å². The summed E-state index contributed by atoms with van der Waals surface area (Å²) in [6.45, 7) is 3.55. The molecule has 1 aliphatic rings. The SMILES string of the molecule is C=C(C(=O)Cl)c1ccc2c(c1)S(=O)(=O)c1ccccc1O2. The van der Waals surface area contributed by atoms with Gasteiger partial charge in [0.25, 0.3) is 5.24 Å². The summed E-state index contributed by atoms with van der Waals surface area (Å²) >= 11 is 5.38. The number of benzene rings is 2. The smallest absolute Gasteiger partial charge is 0.252 e. The minimum Gasteiger partial charge on any atom is -0.455 e. The molecule has 0 fully saturated rings. The molecule has 2 aromatic rings. The number of hydrogen-bond acceptors (Lipinski definition) is 4. The van der Waals surface area contributed by atoms with Gasteiger partial charge in [0.1, 0.15) is 21.3 Å². The minimum atomic E-state index is -3.70. The van der Waals surface area contributed by atoms with Crippen LogP contribution in [0.4, 0.5) is 0 Å². The van der Waals surface area contributed by atoms with Gasteiger partial charge in [0, 0.05) is 5.57 Å². The van der Waals surface area contributed by atoms with Crippen molar-refractivity contribution >= 4 is 32.3 Å². The number of hydrogen-bond donors (Lipinski definition) is 0. The molecule has 0 unspecified atom stereocenters. The Morgan fingerprint density at radius 1 is 1.05 bits per heavy atom. The number of halogens is 1. The first-order valence-electron chi connectivity index (χ1n) is 5.96. The van der Waals surface area contributed by atoms with Gasteiger partial charge in [-0.3, -0.25) is 4.79 Å². The lowest BCUT2D eigenvalue weighted by Gasteiger charge is -2.20. The van der Waals surface area contributed by atoms with E-state index in [1.165, 1.54) is 18.2 Å². The van der Waals surface area contributed by atoms with Crippen LogP contribution in [0.1, 0.15) is 5.56 Å². The largest absolute Gasteiger partial charge is 0.455 e. The number of fused-ring (bicyclic) bond motifs is 2. The third-order valence-electron chi connectivity index (χ3n) is 3.18. The van der Waals surface area contributed by atoms with E-state index in [2.05, 4.69) is 6.58 Å². The van der Waals surface area contributed by atoms with Crippen molar-refractivity contribution in [3.63, 3.8) is 0 Å². The lowest BCUT2D eigenvalue weighted by atomic mass is 10.1. The highest BCUT2D eigenvalue weighted by atomic mass is 35.5. The standard InChI is InChI=1S/C15H9ClO4S/c1-9(15(16)17)10-6-7-12-14(8-10)21(18,19)13-5-3-2-4-11(13)20-12/h2-8H,1H2. The summed E-state index contributed by atoms with van der Waals surface area (Å²) in [5.41, 5.74) is 0.383. The molecule has 21 heavy (non-hydrogen) atoms. The molecule has 1 aliphatic heterocycles. The van der Waals surface area contributed by atoms with E-state index in [0.717, 1.165) is 0 Å². The molecule has 6 heteroatoms. The second-order valence-corrected chi connectivity index (χ2v) is 6.70. The normalized spacial score (nSPS) is 14.5. The molecule has 0 saturated heterocycles. The second kappa shape index (κ2) is 4.72. The molecule has 1 heterocycles. The van der Waals surface area contributed by atoms with Gasteiger partial charge in [0.2, 0.25) is 9.84 Å². The fraction of sp³-hybridized carbons (Fsp3) is 0. The Hall–Kier alpha value is -2.11. The van der Waals surface area contributed by atoms with Gasteiger partial charge in [0.05, 0.1) is 0 Å². The Labute approximate surface area is 126 Å². The maximum Gasteiger partial charge on any atom is 0.252 e. The first kappa shape index (κ1) is 13.9. The Bertz CT molecular complexity index is 884. The summed E-state index contributed by atoms with van der Waals surface area (Å²) in [4.78, 5) is 11.2. The molecular formula is C15H9ClO4S. The Balaban J connectivity index is 2.22. The number of carbonyl (C=O) groups excluding carboxylic acids is 1. The zero-order valence-corrected chi connectivity index (χ0v) is 12.2. The molecule has 0 atom stereocenters. The van der Waals surface area contributed by atoms with Crippen LogP contribution in [0.15, 0.2) is 58.8 Å². The van der Waals surface area contributed by atoms with E-state index in [9.17, 15) is 13.2 Å². The highest BCUT2D eigenvalue weighted by Gasteiger charge is 2.31. The first-order chi connectivity index (χ1) is 9.91. The maximum absolute atomic E-state index is 12.6. The molecule has 0 aliphatic carbocycles. The Kier molecular flexibility index (Phi) is 3.11. The quantitative estimate of drug-likeness (QED) is 0.536. The van der Waals surface area contributed by atoms with E-state index in [0.29, 0.717) is 5.56 Å². The zero-order valence-electron chi connectivity index (χ0n) is 10.7. The van der Waals surface area contributed by atoms with E-state index < -0.39 is 15.1 Å². The van der Waals surface area contributed by atoms with Crippen LogP contribution in [-0.4, -0.2) is 13.7 Å². The van der Waals surface area contributed by atoms with Crippen molar-refractivity contribution in [2.45, 2.75) is 9.79 Å². The topological polar surface area (TPSA) is 60.4 Å². The van der Waals surface area contributed by atoms with Gasteiger partial charge in [-0.2, -0.15) is 0 Å². The number of carbonyl (C=O) groups is 1. The average Bonchev–Trinajstić information content (AvgIpc) is 2.46. The Morgan fingerprint density at radius 3 is 2.43 bits per heavy atom. The molecule has 0 saturated carbocycles. The minimum absolute atomic E-state index is 0.00207. The molecule has 0 aromatic heterocycles. The second-order valence-electron chi connectivity index (χ2n) is 4.47. The van der Waals surface area contributed by atoms with Gasteiger partial charge in [-0.05, 0) is 41.4 Å². The zero-order chi connectivity index (χ0) is 15.2. The van der Waals surface area contributed by atoms with Gasteiger partial charge in [-0.15, -0.1) is 0 Å². The molecule has 106 valence electrons. The predicted molar refractivity (Wildman–Crippen MR) is 78.3 cm³/mol. The van der Waals surface area contributed by atoms with Crippen LogP contribution < -0.4 is 4.74 Å². The van der Waals surface area contributed by atoms with Crippen LogP contribution >= 0.6 is 11.6 Å². The highest BCUT2D eigenvalue weighted by Crippen LogP contribution is 2.43.